The van der Waals surface area contributed by atoms with Crippen LogP contribution >= 0.6 is 11.5 Å². The van der Waals surface area contributed by atoms with Crippen LogP contribution in [0.15, 0.2) is 58.8 Å². The molecule has 3 aromatic rings. The molecule has 0 fully saturated rings. The molecule has 2 N–H and O–H groups in total. The first-order valence-electron chi connectivity index (χ1n) is 6.94. The first-order chi connectivity index (χ1) is 11.3. The summed E-state index contributed by atoms with van der Waals surface area (Å²) < 4.78 is 35.1. The Morgan fingerprint density at radius 2 is 1.46 bits per heavy atom. The summed E-state index contributed by atoms with van der Waals surface area (Å²) in [4.78, 5) is -0.0666. The largest absolute Gasteiger partial charge is 0.457 e. The van der Waals surface area contributed by atoms with Crippen molar-refractivity contribution in [2.75, 3.05) is 0 Å². The van der Waals surface area contributed by atoms with Crippen molar-refractivity contribution in [2.24, 2.45) is 0 Å². The van der Waals surface area contributed by atoms with E-state index in [1.165, 1.54) is 33.9 Å². The van der Waals surface area contributed by atoms with E-state index in [4.69, 9.17) is 4.55 Å². The number of aromatic hydroxyl groups is 1. The minimum Gasteiger partial charge on any atom is -0.457 e. The third-order valence-electron chi connectivity index (χ3n) is 3.10. The van der Waals surface area contributed by atoms with Crippen LogP contribution in [0.2, 0.25) is 0 Å². The van der Waals surface area contributed by atoms with Crippen molar-refractivity contribution < 1.29 is 22.8 Å². The van der Waals surface area contributed by atoms with Crippen molar-refractivity contribution in [3.63, 3.8) is 0 Å². The fourth-order valence-electron chi connectivity index (χ4n) is 1.79. The summed E-state index contributed by atoms with van der Waals surface area (Å²) in [6.07, 6.45) is 0. The number of benzene rings is 2. The highest BCUT2D eigenvalue weighted by Gasteiger charge is 2.15. The maximum Gasteiger partial charge on any atom is 0.409 e. The van der Waals surface area contributed by atoms with E-state index in [0.29, 0.717) is 0 Å². The van der Waals surface area contributed by atoms with E-state index in [1.807, 2.05) is 38.1 Å². The Labute approximate surface area is 144 Å². The van der Waals surface area contributed by atoms with Crippen LogP contribution in [0.4, 0.5) is 0 Å². The Kier molecular flexibility index (Phi) is 5.66. The van der Waals surface area contributed by atoms with E-state index < -0.39 is 10.1 Å². The van der Waals surface area contributed by atoms with Crippen LogP contribution < -0.4 is 4.68 Å². The molecule has 8 heteroatoms. The molecule has 0 spiro atoms. The van der Waals surface area contributed by atoms with Gasteiger partial charge in [0.05, 0.1) is 9.38 Å². The van der Waals surface area contributed by atoms with E-state index in [0.717, 1.165) is 11.3 Å². The van der Waals surface area contributed by atoms with Crippen molar-refractivity contribution in [2.45, 2.75) is 18.7 Å². The van der Waals surface area contributed by atoms with Crippen LogP contribution in [0.5, 0.6) is 5.88 Å². The zero-order valence-corrected chi connectivity index (χ0v) is 14.8. The molecule has 0 saturated heterocycles. The van der Waals surface area contributed by atoms with Gasteiger partial charge in [0.1, 0.15) is 5.38 Å². The van der Waals surface area contributed by atoms with E-state index in [-0.39, 0.29) is 10.8 Å². The SMILES string of the molecule is Cc1ccc(-[n+]2nscc2O)cc1.Cc1ccc(S(=O)(=O)O)cc1. The molecule has 24 heavy (non-hydrogen) atoms. The summed E-state index contributed by atoms with van der Waals surface area (Å²) in [5, 5.41) is 11.0. The Bertz CT molecular complexity index is 902. The predicted molar refractivity (Wildman–Crippen MR) is 91.0 cm³/mol. The third kappa shape index (κ3) is 4.85. The predicted octanol–water partition coefficient (Wildman–Crippen LogP) is 2.68. The zero-order valence-electron chi connectivity index (χ0n) is 13.1. The van der Waals surface area contributed by atoms with Crippen LogP contribution in [0.1, 0.15) is 11.1 Å². The maximum atomic E-state index is 10.5. The summed E-state index contributed by atoms with van der Waals surface area (Å²) in [5.74, 6) is 0.175. The highest BCUT2D eigenvalue weighted by molar-refractivity contribution is 7.85. The lowest BCUT2D eigenvalue weighted by Gasteiger charge is -1.95. The van der Waals surface area contributed by atoms with E-state index >= 15 is 0 Å². The summed E-state index contributed by atoms with van der Waals surface area (Å²) in [7, 11) is -4.02. The fraction of sp³-hybridized carbons (Fsp3) is 0.125. The number of aryl methyl sites for hydroxylation is 2. The van der Waals surface area contributed by atoms with Crippen LogP contribution in [-0.2, 0) is 10.1 Å². The van der Waals surface area contributed by atoms with Gasteiger partial charge in [-0.1, -0.05) is 35.4 Å². The van der Waals surface area contributed by atoms with Crippen molar-refractivity contribution in [1.29, 1.82) is 0 Å². The number of aromatic nitrogens is 2. The standard InChI is InChI=1S/C9H8N2OS.C7H8O3S/c1-7-2-4-8(5-3-7)11-9(12)6-13-10-11;1-6-2-4-7(5-3-6)11(8,9)10/h2-6H,1H3;2-5H,1H3,(H,8,9,10)/p+1. The molecule has 0 radical (unpaired) electrons. The van der Waals surface area contributed by atoms with Gasteiger partial charge >= 0.3 is 5.88 Å². The molecule has 2 aromatic carbocycles. The average Bonchev–Trinajstić information content (AvgIpc) is 2.94. The van der Waals surface area contributed by atoms with Gasteiger partial charge in [-0.3, -0.25) is 4.55 Å². The summed E-state index contributed by atoms with van der Waals surface area (Å²) in [5.41, 5.74) is 3.03. The molecular formula is C16H17N2O4S2+. The molecule has 3 rings (SSSR count). The molecule has 0 aliphatic rings. The molecule has 0 amide bonds. The molecule has 0 aliphatic carbocycles. The number of hydrogen-bond acceptors (Lipinski definition) is 5. The lowest BCUT2D eigenvalue weighted by atomic mass is 10.2. The fourth-order valence-corrected chi connectivity index (χ4v) is 2.78. The quantitative estimate of drug-likeness (QED) is 0.538. The van der Waals surface area contributed by atoms with Crippen molar-refractivity contribution in [3.8, 4) is 11.6 Å². The van der Waals surface area contributed by atoms with Gasteiger partial charge in [-0.05, 0) is 26.0 Å². The Morgan fingerprint density at radius 3 is 1.88 bits per heavy atom. The smallest absolute Gasteiger partial charge is 0.409 e. The molecule has 0 unspecified atom stereocenters. The van der Waals surface area contributed by atoms with Crippen molar-refractivity contribution >= 4 is 21.7 Å². The second-order valence-electron chi connectivity index (χ2n) is 5.10. The van der Waals surface area contributed by atoms with Gasteiger partial charge < -0.3 is 5.11 Å². The molecule has 1 aromatic heterocycles. The molecule has 0 saturated carbocycles. The molecular weight excluding hydrogens is 348 g/mol. The number of hydrogen-bond donors (Lipinski definition) is 2. The minimum atomic E-state index is -4.02. The molecule has 6 nitrogen and oxygen atoms in total. The lowest BCUT2D eigenvalue weighted by Crippen LogP contribution is -2.31. The Morgan fingerprint density at radius 1 is 0.958 bits per heavy atom. The summed E-state index contributed by atoms with van der Waals surface area (Å²) >= 11 is 1.23. The van der Waals surface area contributed by atoms with Gasteiger partial charge in [-0.2, -0.15) is 8.42 Å². The molecule has 1 heterocycles. The topological polar surface area (TPSA) is 91.4 Å². The van der Waals surface area contributed by atoms with Gasteiger partial charge in [-0.25, -0.2) is 0 Å². The Hall–Kier alpha value is -2.29. The summed E-state index contributed by atoms with van der Waals surface area (Å²) in [6.45, 7) is 3.86. The summed E-state index contributed by atoms with van der Waals surface area (Å²) in [6, 6.07) is 13.8. The van der Waals surface area contributed by atoms with Crippen molar-refractivity contribution in [3.05, 3.63) is 65.0 Å². The van der Waals surface area contributed by atoms with E-state index in [2.05, 4.69) is 4.49 Å². The van der Waals surface area contributed by atoms with Gasteiger partial charge in [0.15, 0.2) is 0 Å². The molecule has 0 aliphatic heterocycles. The van der Waals surface area contributed by atoms with Gasteiger partial charge in [0.25, 0.3) is 10.1 Å². The normalized spacial score (nSPS) is 10.8. The van der Waals surface area contributed by atoms with Crippen LogP contribution in [0.3, 0.4) is 0 Å². The molecule has 0 bridgehead atoms. The zero-order chi connectivity index (χ0) is 17.7. The van der Waals surface area contributed by atoms with Crippen LogP contribution in [-0.4, -0.2) is 22.6 Å². The first-order valence-corrected chi connectivity index (χ1v) is 9.22. The third-order valence-corrected chi connectivity index (χ3v) is 4.54. The second kappa shape index (κ2) is 7.52. The first kappa shape index (κ1) is 18.1. The van der Waals surface area contributed by atoms with Gasteiger partial charge in [-0.15, -0.1) is 0 Å². The highest BCUT2D eigenvalue weighted by Crippen LogP contribution is 2.09. The highest BCUT2D eigenvalue weighted by atomic mass is 32.2. The minimum absolute atomic E-state index is 0.0666. The monoisotopic (exact) mass is 365 g/mol. The number of nitrogens with zero attached hydrogens (tertiary/aromatic N) is 2. The van der Waals surface area contributed by atoms with Crippen LogP contribution in [0, 0.1) is 13.8 Å². The maximum absolute atomic E-state index is 10.5. The van der Waals surface area contributed by atoms with Crippen LogP contribution in [0.25, 0.3) is 5.69 Å². The Balaban J connectivity index is 0.000000177. The number of rotatable bonds is 2. The van der Waals surface area contributed by atoms with Gasteiger partial charge in [0, 0.05) is 28.3 Å². The van der Waals surface area contributed by atoms with Crippen molar-refractivity contribution in [1.82, 2.24) is 4.49 Å². The van der Waals surface area contributed by atoms with E-state index in [9.17, 15) is 13.5 Å². The van der Waals surface area contributed by atoms with Gasteiger partial charge in [0.2, 0.25) is 5.69 Å². The molecule has 126 valence electrons. The molecule has 0 atom stereocenters. The van der Waals surface area contributed by atoms with E-state index in [1.54, 1.807) is 17.5 Å². The second-order valence-corrected chi connectivity index (χ2v) is 7.13. The average molecular weight is 365 g/mol. The lowest BCUT2D eigenvalue weighted by molar-refractivity contribution is -0.657.